The molecule has 0 heterocycles. The first-order chi connectivity index (χ1) is 7.29. The van der Waals surface area contributed by atoms with Crippen molar-refractivity contribution in [2.75, 3.05) is 0 Å². The van der Waals surface area contributed by atoms with Crippen molar-refractivity contribution < 1.29 is 0 Å². The Morgan fingerprint density at radius 2 is 1.87 bits per heavy atom. The number of allylic oxidation sites excluding steroid dienone is 4. The van der Waals surface area contributed by atoms with E-state index in [4.69, 9.17) is 18.0 Å². The maximum atomic E-state index is 6.04. The molecule has 0 unspecified atom stereocenters. The molecule has 1 nitrogen and oxygen atoms in total. The summed E-state index contributed by atoms with van der Waals surface area (Å²) in [5.41, 5.74) is 11.8. The van der Waals surface area contributed by atoms with Crippen LogP contribution in [0.15, 0.2) is 41.6 Å². The van der Waals surface area contributed by atoms with Gasteiger partial charge in [0.25, 0.3) is 0 Å². The highest BCUT2D eigenvalue weighted by Crippen LogP contribution is 2.41. The molecular formula is C13H11NS. The Hall–Kier alpha value is -1.41. The Kier molecular flexibility index (Phi) is 1.80. The van der Waals surface area contributed by atoms with E-state index in [1.807, 2.05) is 6.07 Å². The van der Waals surface area contributed by atoms with Crippen LogP contribution in [0.3, 0.4) is 0 Å². The molecule has 0 spiro atoms. The van der Waals surface area contributed by atoms with Gasteiger partial charge < -0.3 is 5.73 Å². The van der Waals surface area contributed by atoms with Gasteiger partial charge in [-0.1, -0.05) is 42.6 Å². The molecule has 0 bridgehead atoms. The van der Waals surface area contributed by atoms with Gasteiger partial charge in [0.05, 0.1) is 4.86 Å². The molecule has 0 saturated heterocycles. The summed E-state index contributed by atoms with van der Waals surface area (Å²) < 4.78 is 0. The third-order valence-corrected chi connectivity index (χ3v) is 3.47. The molecule has 0 atom stereocenters. The lowest BCUT2D eigenvalue weighted by atomic mass is 9.95. The van der Waals surface area contributed by atoms with Crippen molar-refractivity contribution in [2.45, 2.75) is 12.8 Å². The standard InChI is InChI=1S/C13H11NS/c14-11-7-3-6-9-8-4-1-2-5-10(8)13(15)12(9)11/h1-2,4-6H,3,7,14H2. The monoisotopic (exact) mass is 213 g/mol. The van der Waals surface area contributed by atoms with Crippen molar-refractivity contribution in [3.8, 4) is 0 Å². The maximum absolute atomic E-state index is 6.04. The van der Waals surface area contributed by atoms with Crippen molar-refractivity contribution >= 4 is 22.7 Å². The van der Waals surface area contributed by atoms with Crippen LogP contribution in [0.5, 0.6) is 0 Å². The molecule has 0 saturated carbocycles. The van der Waals surface area contributed by atoms with Crippen molar-refractivity contribution in [1.82, 2.24) is 0 Å². The van der Waals surface area contributed by atoms with E-state index < -0.39 is 0 Å². The SMILES string of the molecule is NC1=C2C(=S)c3ccccc3C2=CCC1. The first-order valence-corrected chi connectivity index (χ1v) is 5.53. The van der Waals surface area contributed by atoms with Crippen LogP contribution in [0.4, 0.5) is 0 Å². The van der Waals surface area contributed by atoms with E-state index in [-0.39, 0.29) is 0 Å². The van der Waals surface area contributed by atoms with E-state index in [9.17, 15) is 0 Å². The van der Waals surface area contributed by atoms with Crippen molar-refractivity contribution in [1.29, 1.82) is 0 Å². The third kappa shape index (κ3) is 1.11. The zero-order chi connectivity index (χ0) is 10.4. The number of hydrogen-bond acceptors (Lipinski definition) is 2. The molecule has 2 aliphatic rings. The molecule has 74 valence electrons. The number of benzene rings is 1. The second kappa shape index (κ2) is 3.04. The highest BCUT2D eigenvalue weighted by atomic mass is 32.1. The van der Waals surface area contributed by atoms with E-state index in [2.05, 4.69) is 24.3 Å². The molecular weight excluding hydrogens is 202 g/mol. The summed E-state index contributed by atoms with van der Waals surface area (Å²) >= 11 is 5.47. The zero-order valence-electron chi connectivity index (χ0n) is 8.29. The number of thiocarbonyl (C=S) groups is 1. The van der Waals surface area contributed by atoms with Gasteiger partial charge in [0, 0.05) is 16.8 Å². The molecule has 0 amide bonds. The first kappa shape index (κ1) is 8.86. The average molecular weight is 213 g/mol. The highest BCUT2D eigenvalue weighted by Gasteiger charge is 2.29. The molecule has 0 aromatic heterocycles. The number of nitrogens with two attached hydrogens (primary N) is 1. The minimum absolute atomic E-state index is 0.925. The van der Waals surface area contributed by atoms with Gasteiger partial charge in [0.1, 0.15) is 0 Å². The van der Waals surface area contributed by atoms with Gasteiger partial charge in [-0.2, -0.15) is 0 Å². The summed E-state index contributed by atoms with van der Waals surface area (Å²) in [4.78, 5) is 0.925. The number of fused-ring (bicyclic) bond motifs is 3. The molecule has 2 N–H and O–H groups in total. The van der Waals surface area contributed by atoms with E-state index in [1.54, 1.807) is 0 Å². The van der Waals surface area contributed by atoms with E-state index >= 15 is 0 Å². The Morgan fingerprint density at radius 1 is 1.13 bits per heavy atom. The summed E-state index contributed by atoms with van der Waals surface area (Å²) in [6, 6.07) is 8.28. The normalized spacial score (nSPS) is 18.7. The fraction of sp³-hybridized carbons (Fsp3) is 0.154. The summed E-state index contributed by atoms with van der Waals surface area (Å²) in [7, 11) is 0. The van der Waals surface area contributed by atoms with Gasteiger partial charge in [-0.25, -0.2) is 0 Å². The topological polar surface area (TPSA) is 26.0 Å². The van der Waals surface area contributed by atoms with Crippen LogP contribution in [0, 0.1) is 0 Å². The number of hydrogen-bond donors (Lipinski definition) is 1. The Bertz CT molecular complexity index is 523. The molecule has 2 aliphatic carbocycles. The molecule has 15 heavy (non-hydrogen) atoms. The molecule has 0 fully saturated rings. The first-order valence-electron chi connectivity index (χ1n) is 5.12. The van der Waals surface area contributed by atoms with E-state index in [0.29, 0.717) is 0 Å². The van der Waals surface area contributed by atoms with Gasteiger partial charge in [0.15, 0.2) is 0 Å². The smallest absolute Gasteiger partial charge is 0.0551 e. The number of rotatable bonds is 0. The van der Waals surface area contributed by atoms with Crippen LogP contribution >= 0.6 is 12.2 Å². The van der Waals surface area contributed by atoms with E-state index in [0.717, 1.165) is 29.0 Å². The summed E-state index contributed by atoms with van der Waals surface area (Å²) in [6.07, 6.45) is 4.22. The van der Waals surface area contributed by atoms with Gasteiger partial charge in [-0.05, 0) is 24.0 Å². The summed E-state index contributed by atoms with van der Waals surface area (Å²) in [6.45, 7) is 0. The summed E-state index contributed by atoms with van der Waals surface area (Å²) in [5, 5.41) is 0. The van der Waals surface area contributed by atoms with Gasteiger partial charge in [-0.3, -0.25) is 0 Å². The van der Waals surface area contributed by atoms with Crippen molar-refractivity contribution in [3.63, 3.8) is 0 Å². The van der Waals surface area contributed by atoms with Gasteiger partial charge in [-0.15, -0.1) is 0 Å². The van der Waals surface area contributed by atoms with Crippen LogP contribution in [0.25, 0.3) is 5.57 Å². The second-order valence-electron chi connectivity index (χ2n) is 3.93. The Balaban J connectivity index is 2.33. The quantitative estimate of drug-likeness (QED) is 0.671. The molecule has 1 aromatic carbocycles. The second-order valence-corrected chi connectivity index (χ2v) is 4.34. The fourth-order valence-corrected chi connectivity index (χ4v) is 2.75. The minimum Gasteiger partial charge on any atom is -0.401 e. The maximum Gasteiger partial charge on any atom is 0.0551 e. The predicted molar refractivity (Wildman–Crippen MR) is 66.6 cm³/mol. The molecule has 3 rings (SSSR count). The molecule has 0 aliphatic heterocycles. The lowest BCUT2D eigenvalue weighted by Gasteiger charge is -2.12. The predicted octanol–water partition coefficient (Wildman–Crippen LogP) is 2.81. The molecule has 2 heteroatoms. The van der Waals surface area contributed by atoms with Crippen LogP contribution in [-0.4, -0.2) is 4.86 Å². The van der Waals surface area contributed by atoms with E-state index in [1.165, 1.54) is 16.7 Å². The van der Waals surface area contributed by atoms with Crippen LogP contribution in [0.2, 0.25) is 0 Å². The van der Waals surface area contributed by atoms with Crippen LogP contribution < -0.4 is 5.73 Å². The molecule has 1 aromatic rings. The average Bonchev–Trinajstić information content (AvgIpc) is 2.55. The third-order valence-electron chi connectivity index (χ3n) is 3.04. The fourth-order valence-electron chi connectivity index (χ4n) is 2.34. The summed E-state index contributed by atoms with van der Waals surface area (Å²) in [5.74, 6) is 0. The largest absolute Gasteiger partial charge is 0.401 e. The highest BCUT2D eigenvalue weighted by molar-refractivity contribution is 7.81. The lowest BCUT2D eigenvalue weighted by Crippen LogP contribution is -2.09. The van der Waals surface area contributed by atoms with Crippen molar-refractivity contribution in [3.05, 3.63) is 52.7 Å². The van der Waals surface area contributed by atoms with Crippen LogP contribution in [-0.2, 0) is 0 Å². The Labute approximate surface area is 94.3 Å². The molecule has 0 radical (unpaired) electrons. The lowest BCUT2D eigenvalue weighted by molar-refractivity contribution is 0.942. The van der Waals surface area contributed by atoms with Gasteiger partial charge >= 0.3 is 0 Å². The van der Waals surface area contributed by atoms with Crippen LogP contribution in [0.1, 0.15) is 24.0 Å². The van der Waals surface area contributed by atoms with Gasteiger partial charge in [0.2, 0.25) is 0 Å². The minimum atomic E-state index is 0.925. The zero-order valence-corrected chi connectivity index (χ0v) is 9.10. The Morgan fingerprint density at radius 3 is 2.67 bits per heavy atom. The van der Waals surface area contributed by atoms with Crippen molar-refractivity contribution in [2.24, 2.45) is 5.73 Å².